The van der Waals surface area contributed by atoms with Gasteiger partial charge in [-0.05, 0) is 11.1 Å². The summed E-state index contributed by atoms with van der Waals surface area (Å²) in [5, 5.41) is 0. The first-order chi connectivity index (χ1) is 11.4. The highest BCUT2D eigenvalue weighted by Crippen LogP contribution is 2.24. The molecule has 0 aromatic heterocycles. The molecule has 0 heterocycles. The van der Waals surface area contributed by atoms with Crippen molar-refractivity contribution in [3.05, 3.63) is 35.4 Å². The van der Waals surface area contributed by atoms with E-state index in [2.05, 4.69) is 18.9 Å². The Kier molecular flexibility index (Phi) is 6.91. The molecular formula is C16H18O8. The Morgan fingerprint density at radius 2 is 0.792 bits per heavy atom. The van der Waals surface area contributed by atoms with Gasteiger partial charge in [-0.1, -0.05) is 24.3 Å². The van der Waals surface area contributed by atoms with Crippen LogP contribution < -0.4 is 0 Å². The lowest BCUT2D eigenvalue weighted by molar-refractivity contribution is -0.156. The third-order valence-corrected chi connectivity index (χ3v) is 3.35. The van der Waals surface area contributed by atoms with Crippen molar-refractivity contribution < 1.29 is 38.1 Å². The Hall–Kier alpha value is -2.90. The number of carbonyl (C=O) groups is 4. The van der Waals surface area contributed by atoms with Crippen molar-refractivity contribution in [1.29, 1.82) is 0 Å². The molecule has 130 valence electrons. The second-order valence-corrected chi connectivity index (χ2v) is 4.63. The molecule has 0 atom stereocenters. The molecule has 24 heavy (non-hydrogen) atoms. The fourth-order valence-corrected chi connectivity index (χ4v) is 2.09. The standard InChI is InChI=1S/C16H18O8/c1-21-13(17)11(14(18)22-2)9-5-7-10(8-6-9)12(15(19)23-3)16(20)24-4/h5-8,11-12H,1-4H3. The Bertz CT molecular complexity index is 532. The molecule has 0 fully saturated rings. The molecule has 0 spiro atoms. The summed E-state index contributed by atoms with van der Waals surface area (Å²) in [4.78, 5) is 47.1. The van der Waals surface area contributed by atoms with E-state index >= 15 is 0 Å². The SMILES string of the molecule is COC(=O)C(C(=O)OC)c1ccc(C(C(=O)OC)C(=O)OC)cc1. The molecular weight excluding hydrogens is 320 g/mol. The molecule has 0 N–H and O–H groups in total. The van der Waals surface area contributed by atoms with Gasteiger partial charge in [-0.2, -0.15) is 0 Å². The first-order valence-electron chi connectivity index (χ1n) is 6.82. The van der Waals surface area contributed by atoms with Crippen LogP contribution in [0.4, 0.5) is 0 Å². The van der Waals surface area contributed by atoms with Crippen LogP contribution >= 0.6 is 0 Å². The van der Waals surface area contributed by atoms with Gasteiger partial charge >= 0.3 is 23.9 Å². The van der Waals surface area contributed by atoms with E-state index in [9.17, 15) is 19.2 Å². The summed E-state index contributed by atoms with van der Waals surface area (Å²) < 4.78 is 18.4. The van der Waals surface area contributed by atoms with Gasteiger partial charge < -0.3 is 18.9 Å². The Morgan fingerprint density at radius 3 is 0.958 bits per heavy atom. The van der Waals surface area contributed by atoms with E-state index in [-0.39, 0.29) is 0 Å². The highest BCUT2D eigenvalue weighted by molar-refractivity contribution is 6.02. The zero-order chi connectivity index (χ0) is 18.3. The molecule has 8 nitrogen and oxygen atoms in total. The van der Waals surface area contributed by atoms with Crippen LogP contribution in [0.5, 0.6) is 0 Å². The number of benzene rings is 1. The summed E-state index contributed by atoms with van der Waals surface area (Å²) in [6.07, 6.45) is 0. The highest BCUT2D eigenvalue weighted by atomic mass is 16.5. The molecule has 0 saturated carbocycles. The fourth-order valence-electron chi connectivity index (χ4n) is 2.09. The monoisotopic (exact) mass is 338 g/mol. The Balaban J connectivity index is 3.21. The molecule has 0 radical (unpaired) electrons. The molecule has 1 rings (SSSR count). The molecule has 0 bridgehead atoms. The van der Waals surface area contributed by atoms with Crippen molar-refractivity contribution in [3.63, 3.8) is 0 Å². The van der Waals surface area contributed by atoms with Gasteiger partial charge in [0.1, 0.15) is 0 Å². The number of esters is 4. The van der Waals surface area contributed by atoms with Gasteiger partial charge in [0.05, 0.1) is 28.4 Å². The molecule has 0 aliphatic carbocycles. The third-order valence-electron chi connectivity index (χ3n) is 3.35. The second kappa shape index (κ2) is 8.66. The molecule has 0 unspecified atom stereocenters. The number of rotatable bonds is 6. The first-order valence-corrected chi connectivity index (χ1v) is 6.82. The zero-order valence-electron chi connectivity index (χ0n) is 13.7. The predicted octanol–water partition coefficient (Wildman–Crippen LogP) is 0.546. The highest BCUT2D eigenvalue weighted by Gasteiger charge is 2.33. The van der Waals surface area contributed by atoms with E-state index in [1.165, 1.54) is 24.3 Å². The lowest BCUT2D eigenvalue weighted by Gasteiger charge is -2.15. The van der Waals surface area contributed by atoms with Crippen LogP contribution in [0.1, 0.15) is 23.0 Å². The third kappa shape index (κ3) is 4.09. The predicted molar refractivity (Wildman–Crippen MR) is 80.0 cm³/mol. The van der Waals surface area contributed by atoms with Crippen LogP contribution in [0.15, 0.2) is 24.3 Å². The van der Waals surface area contributed by atoms with E-state index in [0.29, 0.717) is 11.1 Å². The van der Waals surface area contributed by atoms with Crippen LogP contribution in [-0.2, 0) is 38.1 Å². The number of methoxy groups -OCH3 is 4. The number of hydrogen-bond acceptors (Lipinski definition) is 8. The summed E-state index contributed by atoms with van der Waals surface area (Å²) in [7, 11) is 4.60. The molecule has 1 aromatic rings. The van der Waals surface area contributed by atoms with Crippen molar-refractivity contribution in [2.75, 3.05) is 28.4 Å². The van der Waals surface area contributed by atoms with Crippen LogP contribution in [0.25, 0.3) is 0 Å². The van der Waals surface area contributed by atoms with Gasteiger partial charge in [0.25, 0.3) is 0 Å². The average Bonchev–Trinajstić information content (AvgIpc) is 2.62. The van der Waals surface area contributed by atoms with Crippen molar-refractivity contribution in [2.45, 2.75) is 11.8 Å². The minimum Gasteiger partial charge on any atom is -0.468 e. The van der Waals surface area contributed by atoms with Gasteiger partial charge in [0.15, 0.2) is 11.8 Å². The van der Waals surface area contributed by atoms with Gasteiger partial charge in [-0.25, -0.2) is 0 Å². The quantitative estimate of drug-likeness (QED) is 0.420. The maximum absolute atomic E-state index is 11.8. The van der Waals surface area contributed by atoms with Crippen LogP contribution in [0.3, 0.4) is 0 Å². The van der Waals surface area contributed by atoms with Crippen LogP contribution in [-0.4, -0.2) is 52.3 Å². The van der Waals surface area contributed by atoms with Crippen molar-refractivity contribution in [3.8, 4) is 0 Å². The normalized spacial score (nSPS) is 10.2. The topological polar surface area (TPSA) is 105 Å². The van der Waals surface area contributed by atoms with Crippen molar-refractivity contribution >= 4 is 23.9 Å². The smallest absolute Gasteiger partial charge is 0.324 e. The second-order valence-electron chi connectivity index (χ2n) is 4.63. The molecule has 1 aromatic carbocycles. The minimum absolute atomic E-state index is 0.297. The van der Waals surface area contributed by atoms with Crippen molar-refractivity contribution in [1.82, 2.24) is 0 Å². The Labute approximate surface area is 138 Å². The van der Waals surface area contributed by atoms with Gasteiger partial charge in [-0.3, -0.25) is 19.2 Å². The van der Waals surface area contributed by atoms with Gasteiger partial charge in [-0.15, -0.1) is 0 Å². The van der Waals surface area contributed by atoms with Gasteiger partial charge in [0, 0.05) is 0 Å². The molecule has 0 aliphatic heterocycles. The van der Waals surface area contributed by atoms with Crippen LogP contribution in [0.2, 0.25) is 0 Å². The van der Waals surface area contributed by atoms with E-state index in [4.69, 9.17) is 0 Å². The fraction of sp³-hybridized carbons (Fsp3) is 0.375. The molecule has 8 heteroatoms. The summed E-state index contributed by atoms with van der Waals surface area (Å²) in [5.74, 6) is -5.66. The minimum atomic E-state index is -1.26. The van der Waals surface area contributed by atoms with E-state index in [1.54, 1.807) is 0 Å². The van der Waals surface area contributed by atoms with E-state index < -0.39 is 35.7 Å². The Morgan fingerprint density at radius 1 is 0.583 bits per heavy atom. The number of ether oxygens (including phenoxy) is 4. The summed E-state index contributed by atoms with van der Waals surface area (Å²) in [5.41, 5.74) is 0.594. The summed E-state index contributed by atoms with van der Waals surface area (Å²) in [6.45, 7) is 0. The van der Waals surface area contributed by atoms with Crippen LogP contribution in [0, 0.1) is 0 Å². The number of hydrogen-bond donors (Lipinski definition) is 0. The van der Waals surface area contributed by atoms with Gasteiger partial charge in [0.2, 0.25) is 0 Å². The maximum atomic E-state index is 11.8. The molecule has 0 saturated heterocycles. The summed E-state index contributed by atoms with van der Waals surface area (Å²) in [6, 6.07) is 5.69. The first kappa shape index (κ1) is 19.1. The molecule has 0 amide bonds. The van der Waals surface area contributed by atoms with E-state index in [1.807, 2.05) is 0 Å². The lowest BCUT2D eigenvalue weighted by atomic mass is 9.93. The van der Waals surface area contributed by atoms with E-state index in [0.717, 1.165) is 28.4 Å². The number of carbonyl (C=O) groups excluding carboxylic acids is 4. The van der Waals surface area contributed by atoms with Crippen molar-refractivity contribution in [2.24, 2.45) is 0 Å². The average molecular weight is 338 g/mol. The lowest BCUT2D eigenvalue weighted by Crippen LogP contribution is -2.26. The molecule has 0 aliphatic rings. The maximum Gasteiger partial charge on any atom is 0.324 e. The largest absolute Gasteiger partial charge is 0.468 e. The zero-order valence-corrected chi connectivity index (χ0v) is 13.7. The summed E-state index contributed by atoms with van der Waals surface area (Å²) >= 11 is 0.